The highest BCUT2D eigenvalue weighted by Gasteiger charge is 2.16. The van der Waals surface area contributed by atoms with Gasteiger partial charge in [-0.2, -0.15) is 0 Å². The monoisotopic (exact) mass is 236 g/mol. The second kappa shape index (κ2) is 7.01. The Hall–Kier alpha value is -1.42. The highest BCUT2D eigenvalue weighted by Crippen LogP contribution is 2.10. The molecule has 0 saturated heterocycles. The molecule has 0 aromatic carbocycles. The molecule has 1 rings (SSSR count). The van der Waals surface area contributed by atoms with Gasteiger partial charge in [0.15, 0.2) is 0 Å². The van der Waals surface area contributed by atoms with Gasteiger partial charge in [-0.05, 0) is 31.2 Å². The number of carbonyl (C=O) groups excluding carboxylic acids is 1. The number of esters is 1. The van der Waals surface area contributed by atoms with Gasteiger partial charge in [-0.15, -0.1) is 0 Å². The van der Waals surface area contributed by atoms with E-state index in [4.69, 9.17) is 4.74 Å². The Morgan fingerprint density at radius 1 is 1.47 bits per heavy atom. The normalized spacial score (nSPS) is 12.5. The number of carbonyl (C=O) groups is 1. The van der Waals surface area contributed by atoms with E-state index in [0.29, 0.717) is 6.42 Å². The van der Waals surface area contributed by atoms with Crippen molar-refractivity contribution >= 4 is 5.97 Å². The standard InChI is InChI=1S/C13H20N2O2/c1-4-15(11(2)9-13(16)17-3)10-12-5-7-14-8-6-12/h5-8,11H,4,9-10H2,1-3H3. The summed E-state index contributed by atoms with van der Waals surface area (Å²) in [5.41, 5.74) is 1.21. The molecule has 1 unspecified atom stereocenters. The Kier molecular flexibility index (Phi) is 5.63. The van der Waals surface area contributed by atoms with E-state index >= 15 is 0 Å². The Labute approximate surface area is 103 Å². The maximum absolute atomic E-state index is 11.2. The topological polar surface area (TPSA) is 42.4 Å². The van der Waals surface area contributed by atoms with Gasteiger partial charge >= 0.3 is 5.97 Å². The SMILES string of the molecule is CCN(Cc1ccncc1)C(C)CC(=O)OC. The van der Waals surface area contributed by atoms with E-state index < -0.39 is 0 Å². The fourth-order valence-corrected chi connectivity index (χ4v) is 1.76. The van der Waals surface area contributed by atoms with Crippen molar-refractivity contribution in [3.05, 3.63) is 30.1 Å². The second-order valence-corrected chi connectivity index (χ2v) is 4.05. The lowest BCUT2D eigenvalue weighted by molar-refractivity contribution is -0.141. The molecular weight excluding hydrogens is 216 g/mol. The Morgan fingerprint density at radius 2 is 2.12 bits per heavy atom. The van der Waals surface area contributed by atoms with E-state index in [2.05, 4.69) is 16.8 Å². The van der Waals surface area contributed by atoms with Crippen LogP contribution in [0.2, 0.25) is 0 Å². The fraction of sp³-hybridized carbons (Fsp3) is 0.538. The summed E-state index contributed by atoms with van der Waals surface area (Å²) in [6, 6.07) is 4.17. The summed E-state index contributed by atoms with van der Waals surface area (Å²) in [5.74, 6) is -0.161. The maximum atomic E-state index is 11.2. The van der Waals surface area contributed by atoms with Crippen LogP contribution in [0.1, 0.15) is 25.8 Å². The molecule has 4 heteroatoms. The molecule has 0 N–H and O–H groups in total. The molecule has 0 radical (unpaired) electrons. The van der Waals surface area contributed by atoms with Crippen LogP contribution < -0.4 is 0 Å². The average Bonchev–Trinajstić information content (AvgIpc) is 2.36. The highest BCUT2D eigenvalue weighted by molar-refractivity contribution is 5.69. The van der Waals surface area contributed by atoms with Gasteiger partial charge in [0.1, 0.15) is 0 Å². The lowest BCUT2D eigenvalue weighted by atomic mass is 10.1. The van der Waals surface area contributed by atoms with Gasteiger partial charge in [0.2, 0.25) is 0 Å². The van der Waals surface area contributed by atoms with Gasteiger partial charge in [0, 0.05) is 25.0 Å². The van der Waals surface area contributed by atoms with Gasteiger partial charge in [-0.1, -0.05) is 6.92 Å². The summed E-state index contributed by atoms with van der Waals surface area (Å²) in [4.78, 5) is 17.5. The first-order chi connectivity index (χ1) is 8.17. The largest absolute Gasteiger partial charge is 0.469 e. The third-order valence-corrected chi connectivity index (χ3v) is 2.85. The van der Waals surface area contributed by atoms with Gasteiger partial charge in [0.05, 0.1) is 13.5 Å². The minimum Gasteiger partial charge on any atom is -0.469 e. The molecule has 0 aliphatic heterocycles. The lowest BCUT2D eigenvalue weighted by Gasteiger charge is -2.27. The van der Waals surface area contributed by atoms with Crippen molar-refractivity contribution in [1.82, 2.24) is 9.88 Å². The first kappa shape index (κ1) is 13.6. The Balaban J connectivity index is 2.56. The summed E-state index contributed by atoms with van der Waals surface area (Å²) in [6.07, 6.45) is 4.00. The zero-order valence-electron chi connectivity index (χ0n) is 10.7. The average molecular weight is 236 g/mol. The number of nitrogens with zero attached hydrogens (tertiary/aromatic N) is 2. The lowest BCUT2D eigenvalue weighted by Crippen LogP contribution is -2.34. The van der Waals surface area contributed by atoms with Crippen molar-refractivity contribution in [2.45, 2.75) is 32.9 Å². The second-order valence-electron chi connectivity index (χ2n) is 4.05. The highest BCUT2D eigenvalue weighted by atomic mass is 16.5. The van der Waals surface area contributed by atoms with Crippen molar-refractivity contribution in [3.63, 3.8) is 0 Å². The molecule has 94 valence electrons. The quantitative estimate of drug-likeness (QED) is 0.707. The van der Waals surface area contributed by atoms with Crippen LogP contribution in [-0.2, 0) is 16.1 Å². The molecule has 0 bridgehead atoms. The number of pyridine rings is 1. The summed E-state index contributed by atoms with van der Waals surface area (Å²) in [6.45, 7) is 5.87. The summed E-state index contributed by atoms with van der Waals surface area (Å²) in [7, 11) is 1.42. The predicted octanol–water partition coefficient (Wildman–Crippen LogP) is 1.86. The van der Waals surface area contributed by atoms with Crippen LogP contribution in [0.5, 0.6) is 0 Å². The van der Waals surface area contributed by atoms with Crippen molar-refractivity contribution < 1.29 is 9.53 Å². The van der Waals surface area contributed by atoms with Gasteiger partial charge in [-0.25, -0.2) is 0 Å². The Bertz CT molecular complexity index is 341. The first-order valence-corrected chi connectivity index (χ1v) is 5.87. The van der Waals surface area contributed by atoms with Gasteiger partial charge < -0.3 is 4.74 Å². The predicted molar refractivity (Wildman–Crippen MR) is 66.4 cm³/mol. The van der Waals surface area contributed by atoms with Crippen molar-refractivity contribution in [2.24, 2.45) is 0 Å². The smallest absolute Gasteiger partial charge is 0.307 e. The molecule has 0 amide bonds. The molecule has 1 aromatic heterocycles. The zero-order chi connectivity index (χ0) is 12.7. The number of hydrogen-bond donors (Lipinski definition) is 0. The number of ether oxygens (including phenoxy) is 1. The van der Waals surface area contributed by atoms with E-state index in [0.717, 1.165) is 13.1 Å². The molecule has 4 nitrogen and oxygen atoms in total. The van der Waals surface area contributed by atoms with E-state index in [1.807, 2.05) is 19.1 Å². The molecule has 1 heterocycles. The number of rotatable bonds is 6. The van der Waals surface area contributed by atoms with Crippen LogP contribution in [0, 0.1) is 0 Å². The molecule has 1 atom stereocenters. The summed E-state index contributed by atoms with van der Waals surface area (Å²) in [5, 5.41) is 0. The van der Waals surface area contributed by atoms with Crippen LogP contribution >= 0.6 is 0 Å². The van der Waals surface area contributed by atoms with E-state index in [1.54, 1.807) is 12.4 Å². The molecule has 0 spiro atoms. The van der Waals surface area contributed by atoms with Gasteiger partial charge in [0.25, 0.3) is 0 Å². The minimum absolute atomic E-state index is 0.161. The fourth-order valence-electron chi connectivity index (χ4n) is 1.76. The molecule has 0 aliphatic carbocycles. The third-order valence-electron chi connectivity index (χ3n) is 2.85. The summed E-state index contributed by atoms with van der Waals surface area (Å²) >= 11 is 0. The van der Waals surface area contributed by atoms with Crippen LogP contribution in [0.25, 0.3) is 0 Å². The minimum atomic E-state index is -0.161. The van der Waals surface area contributed by atoms with Crippen LogP contribution in [0.3, 0.4) is 0 Å². The van der Waals surface area contributed by atoms with Crippen molar-refractivity contribution in [1.29, 1.82) is 0 Å². The molecule has 0 aliphatic rings. The molecule has 17 heavy (non-hydrogen) atoms. The van der Waals surface area contributed by atoms with Crippen LogP contribution in [0.4, 0.5) is 0 Å². The number of aromatic nitrogens is 1. The molecular formula is C13H20N2O2. The van der Waals surface area contributed by atoms with Crippen LogP contribution in [-0.4, -0.2) is 35.5 Å². The van der Waals surface area contributed by atoms with E-state index in [1.165, 1.54) is 12.7 Å². The molecule has 0 saturated carbocycles. The Morgan fingerprint density at radius 3 is 2.65 bits per heavy atom. The van der Waals surface area contributed by atoms with E-state index in [-0.39, 0.29) is 12.0 Å². The molecule has 1 aromatic rings. The number of methoxy groups -OCH3 is 1. The zero-order valence-corrected chi connectivity index (χ0v) is 10.7. The number of hydrogen-bond acceptors (Lipinski definition) is 4. The maximum Gasteiger partial charge on any atom is 0.307 e. The molecule has 0 fully saturated rings. The third kappa shape index (κ3) is 4.53. The van der Waals surface area contributed by atoms with Gasteiger partial charge in [-0.3, -0.25) is 14.7 Å². The van der Waals surface area contributed by atoms with Crippen molar-refractivity contribution in [2.75, 3.05) is 13.7 Å². The van der Waals surface area contributed by atoms with Crippen LogP contribution in [0.15, 0.2) is 24.5 Å². The first-order valence-electron chi connectivity index (χ1n) is 5.87. The van der Waals surface area contributed by atoms with E-state index in [9.17, 15) is 4.79 Å². The van der Waals surface area contributed by atoms with Crippen molar-refractivity contribution in [3.8, 4) is 0 Å². The summed E-state index contributed by atoms with van der Waals surface area (Å²) < 4.78 is 4.69.